The molecule has 0 spiro atoms. The van der Waals surface area contributed by atoms with Gasteiger partial charge < -0.3 is 15.7 Å². The molecule has 3 rings (SSSR count). The summed E-state index contributed by atoms with van der Waals surface area (Å²) in [6.07, 6.45) is 11.8. The van der Waals surface area contributed by atoms with Gasteiger partial charge in [-0.15, -0.1) is 0 Å². The number of nitrogens with zero attached hydrogens (tertiary/aromatic N) is 1. The number of hydrogen-bond acceptors (Lipinski definition) is 2. The summed E-state index contributed by atoms with van der Waals surface area (Å²) in [6, 6.07) is 7.77. The average Bonchev–Trinajstić information content (AvgIpc) is 2.62. The van der Waals surface area contributed by atoms with Crippen LogP contribution >= 0.6 is 0 Å². The highest BCUT2D eigenvalue weighted by Crippen LogP contribution is 2.25. The highest BCUT2D eigenvalue weighted by molar-refractivity contribution is 5.94. The molecule has 4 heteroatoms. The molecule has 0 heterocycles. The van der Waals surface area contributed by atoms with Crippen molar-refractivity contribution in [3.8, 4) is 5.75 Å². The second-order valence-electron chi connectivity index (χ2n) is 7.88. The van der Waals surface area contributed by atoms with Crippen LogP contribution in [0, 0.1) is 11.8 Å². The van der Waals surface area contributed by atoms with E-state index in [4.69, 9.17) is 4.99 Å². The molecule has 2 saturated carbocycles. The van der Waals surface area contributed by atoms with Crippen LogP contribution in [0.1, 0.15) is 64.7 Å². The van der Waals surface area contributed by atoms with Gasteiger partial charge in [0, 0.05) is 24.3 Å². The summed E-state index contributed by atoms with van der Waals surface area (Å²) in [7, 11) is 0. The van der Waals surface area contributed by atoms with E-state index in [1.54, 1.807) is 12.1 Å². The van der Waals surface area contributed by atoms with Crippen molar-refractivity contribution in [2.45, 2.75) is 70.8 Å². The van der Waals surface area contributed by atoms with Gasteiger partial charge in [0.1, 0.15) is 5.75 Å². The zero-order valence-electron chi connectivity index (χ0n) is 15.5. The molecule has 1 aromatic rings. The second-order valence-corrected chi connectivity index (χ2v) is 7.88. The second kappa shape index (κ2) is 9.12. The van der Waals surface area contributed by atoms with Crippen molar-refractivity contribution in [3.05, 3.63) is 24.3 Å². The van der Waals surface area contributed by atoms with E-state index in [0.717, 1.165) is 24.1 Å². The topological polar surface area (TPSA) is 56.7 Å². The Hall–Kier alpha value is -1.71. The average molecular weight is 344 g/mol. The predicted octanol–water partition coefficient (Wildman–Crippen LogP) is 4.91. The fourth-order valence-corrected chi connectivity index (χ4v) is 4.14. The number of benzene rings is 1. The smallest absolute Gasteiger partial charge is 0.196 e. The maximum absolute atomic E-state index is 9.72. The third-order valence-electron chi connectivity index (χ3n) is 5.77. The highest BCUT2D eigenvalue weighted by Gasteiger charge is 2.22. The minimum absolute atomic E-state index is 0.280. The third-order valence-corrected chi connectivity index (χ3v) is 5.77. The first-order chi connectivity index (χ1) is 12.2. The molecule has 0 saturated heterocycles. The molecule has 0 aliphatic heterocycles. The Balaban J connectivity index is 1.67. The third kappa shape index (κ3) is 5.65. The van der Waals surface area contributed by atoms with E-state index < -0.39 is 0 Å². The monoisotopic (exact) mass is 343 g/mol. The molecule has 1 aromatic carbocycles. The normalized spacial score (nSPS) is 25.6. The van der Waals surface area contributed by atoms with Gasteiger partial charge in [-0.3, -0.25) is 4.99 Å². The van der Waals surface area contributed by atoms with Crippen LogP contribution < -0.4 is 10.6 Å². The lowest BCUT2D eigenvalue weighted by Gasteiger charge is -2.31. The number of rotatable bonds is 4. The molecule has 3 N–H and O–H groups in total. The summed E-state index contributed by atoms with van der Waals surface area (Å²) in [4.78, 5) is 4.91. The first-order valence-electron chi connectivity index (χ1n) is 10.1. The van der Waals surface area contributed by atoms with Gasteiger partial charge >= 0.3 is 0 Å². The summed E-state index contributed by atoms with van der Waals surface area (Å²) in [5.41, 5.74) is 0.887. The lowest BCUT2D eigenvalue weighted by atomic mass is 9.86. The van der Waals surface area contributed by atoms with Gasteiger partial charge in [-0.05, 0) is 49.7 Å². The quantitative estimate of drug-likeness (QED) is 0.538. The summed E-state index contributed by atoms with van der Waals surface area (Å²) < 4.78 is 0. The maximum atomic E-state index is 9.72. The van der Waals surface area contributed by atoms with Gasteiger partial charge in [0.25, 0.3) is 0 Å². The summed E-state index contributed by atoms with van der Waals surface area (Å²) in [6.45, 7) is 3.24. The first-order valence-corrected chi connectivity index (χ1v) is 10.1. The molecular weight excluding hydrogens is 310 g/mol. The highest BCUT2D eigenvalue weighted by atomic mass is 16.3. The Morgan fingerprint density at radius 2 is 1.84 bits per heavy atom. The van der Waals surface area contributed by atoms with Crippen molar-refractivity contribution in [2.24, 2.45) is 16.8 Å². The Labute approximate surface area is 152 Å². The van der Waals surface area contributed by atoms with Crippen molar-refractivity contribution >= 4 is 11.6 Å². The molecule has 0 amide bonds. The van der Waals surface area contributed by atoms with Gasteiger partial charge in [-0.1, -0.05) is 45.1 Å². The standard InChI is InChI=1S/C21H33N3O/c1-16-8-5-6-13-20(16)24-21(22-15-17-9-3-2-4-10-17)23-18-11-7-12-19(25)14-18/h7,11-12,14,16-17,20,25H,2-6,8-10,13,15H2,1H3,(H2,22,23,24). The van der Waals surface area contributed by atoms with E-state index in [1.807, 2.05) is 12.1 Å². The molecule has 0 bridgehead atoms. The zero-order chi connectivity index (χ0) is 17.5. The number of guanidine groups is 1. The van der Waals surface area contributed by atoms with Crippen LogP contribution in [-0.2, 0) is 0 Å². The van der Waals surface area contributed by atoms with Crippen LogP contribution in [0.3, 0.4) is 0 Å². The zero-order valence-corrected chi connectivity index (χ0v) is 15.5. The number of aliphatic imine (C=N–C) groups is 1. The number of aromatic hydroxyl groups is 1. The minimum Gasteiger partial charge on any atom is -0.508 e. The molecule has 138 valence electrons. The minimum atomic E-state index is 0.280. The Bertz CT molecular complexity index is 566. The van der Waals surface area contributed by atoms with Crippen LogP contribution in [-0.4, -0.2) is 23.7 Å². The Morgan fingerprint density at radius 3 is 2.60 bits per heavy atom. The molecule has 25 heavy (non-hydrogen) atoms. The van der Waals surface area contributed by atoms with E-state index in [1.165, 1.54) is 57.8 Å². The number of nitrogens with one attached hydrogen (secondary N) is 2. The van der Waals surface area contributed by atoms with Crippen LogP contribution in [0.2, 0.25) is 0 Å². The first kappa shape index (κ1) is 18.1. The van der Waals surface area contributed by atoms with Crippen LogP contribution in [0.15, 0.2) is 29.3 Å². The molecule has 2 aliphatic carbocycles. The number of phenols is 1. The van der Waals surface area contributed by atoms with E-state index in [0.29, 0.717) is 12.0 Å². The Morgan fingerprint density at radius 1 is 1.08 bits per heavy atom. The van der Waals surface area contributed by atoms with Gasteiger partial charge in [-0.2, -0.15) is 0 Å². The molecular formula is C21H33N3O. The van der Waals surface area contributed by atoms with Crippen molar-refractivity contribution in [1.29, 1.82) is 0 Å². The molecule has 0 radical (unpaired) electrons. The van der Waals surface area contributed by atoms with Gasteiger partial charge in [0.05, 0.1) is 0 Å². The molecule has 2 aliphatic rings. The summed E-state index contributed by atoms with van der Waals surface area (Å²) in [5, 5.41) is 16.8. The van der Waals surface area contributed by atoms with Gasteiger partial charge in [-0.25, -0.2) is 0 Å². The Kier molecular flexibility index (Phi) is 6.60. The molecule has 2 fully saturated rings. The van der Waals surface area contributed by atoms with Gasteiger partial charge in [0.15, 0.2) is 5.96 Å². The number of phenolic OH excluding ortho intramolecular Hbond substituents is 1. The molecule has 4 nitrogen and oxygen atoms in total. The predicted molar refractivity (Wildman–Crippen MR) is 105 cm³/mol. The lowest BCUT2D eigenvalue weighted by Crippen LogP contribution is -2.44. The fourth-order valence-electron chi connectivity index (χ4n) is 4.14. The van der Waals surface area contributed by atoms with Crippen LogP contribution in [0.5, 0.6) is 5.75 Å². The largest absolute Gasteiger partial charge is 0.508 e. The van der Waals surface area contributed by atoms with Crippen molar-refractivity contribution in [1.82, 2.24) is 5.32 Å². The van der Waals surface area contributed by atoms with Crippen molar-refractivity contribution < 1.29 is 5.11 Å². The SMILES string of the molecule is CC1CCCCC1NC(=NCC1CCCCC1)Nc1cccc(O)c1. The van der Waals surface area contributed by atoms with E-state index in [9.17, 15) is 5.11 Å². The lowest BCUT2D eigenvalue weighted by molar-refractivity contribution is 0.308. The van der Waals surface area contributed by atoms with Crippen molar-refractivity contribution in [3.63, 3.8) is 0 Å². The van der Waals surface area contributed by atoms with Crippen molar-refractivity contribution in [2.75, 3.05) is 11.9 Å². The number of hydrogen-bond donors (Lipinski definition) is 3. The van der Waals surface area contributed by atoms with Crippen LogP contribution in [0.4, 0.5) is 5.69 Å². The fraction of sp³-hybridized carbons (Fsp3) is 0.667. The van der Waals surface area contributed by atoms with E-state index >= 15 is 0 Å². The van der Waals surface area contributed by atoms with E-state index in [2.05, 4.69) is 17.6 Å². The molecule has 2 atom stereocenters. The van der Waals surface area contributed by atoms with E-state index in [-0.39, 0.29) is 5.75 Å². The van der Waals surface area contributed by atoms with Crippen LogP contribution in [0.25, 0.3) is 0 Å². The molecule has 0 aromatic heterocycles. The number of anilines is 1. The summed E-state index contributed by atoms with van der Waals surface area (Å²) >= 11 is 0. The molecule has 2 unspecified atom stereocenters. The van der Waals surface area contributed by atoms with Gasteiger partial charge in [0.2, 0.25) is 0 Å². The maximum Gasteiger partial charge on any atom is 0.196 e. The summed E-state index contributed by atoms with van der Waals surface area (Å²) in [5.74, 6) is 2.55.